The van der Waals surface area contributed by atoms with Crippen LogP contribution in [0.3, 0.4) is 0 Å². The summed E-state index contributed by atoms with van der Waals surface area (Å²) < 4.78 is 2.00. The Labute approximate surface area is 95.5 Å². The summed E-state index contributed by atoms with van der Waals surface area (Å²) in [4.78, 5) is 18.0. The monoisotopic (exact) mass is 222 g/mol. The molecule has 2 rings (SSSR count). The molecule has 0 saturated carbocycles. The van der Waals surface area contributed by atoms with Crippen LogP contribution >= 0.6 is 0 Å². The topological polar surface area (TPSA) is 50.2 Å². The van der Waals surface area contributed by atoms with Crippen molar-refractivity contribution in [3.05, 3.63) is 18.2 Å². The van der Waals surface area contributed by atoms with Gasteiger partial charge in [0.15, 0.2) is 0 Å². The molecule has 88 valence electrons. The molecule has 1 aromatic rings. The number of aromatic nitrogens is 2. The lowest BCUT2D eigenvalue weighted by molar-refractivity contribution is -0.135. The van der Waals surface area contributed by atoms with Gasteiger partial charge in [0, 0.05) is 45.5 Å². The molecule has 1 amide bonds. The van der Waals surface area contributed by atoms with Crippen LogP contribution < -0.4 is 5.32 Å². The Balaban J connectivity index is 1.90. The van der Waals surface area contributed by atoms with Gasteiger partial charge in [0.2, 0.25) is 5.91 Å². The highest BCUT2D eigenvalue weighted by Crippen LogP contribution is 2.03. The van der Waals surface area contributed by atoms with E-state index in [9.17, 15) is 4.79 Å². The Morgan fingerprint density at radius 2 is 2.44 bits per heavy atom. The highest BCUT2D eigenvalue weighted by atomic mass is 16.2. The number of aryl methyl sites for hydroxylation is 1. The van der Waals surface area contributed by atoms with Crippen molar-refractivity contribution in [1.82, 2.24) is 19.8 Å². The second-order valence-electron chi connectivity index (χ2n) is 4.21. The van der Waals surface area contributed by atoms with Gasteiger partial charge in [0.25, 0.3) is 0 Å². The molecule has 2 heterocycles. The highest BCUT2D eigenvalue weighted by Gasteiger charge is 2.24. The van der Waals surface area contributed by atoms with Crippen LogP contribution in [-0.2, 0) is 18.3 Å². The van der Waals surface area contributed by atoms with E-state index in [1.54, 1.807) is 6.20 Å². The Kier molecular flexibility index (Phi) is 3.24. The van der Waals surface area contributed by atoms with Crippen LogP contribution in [0.2, 0.25) is 0 Å². The molecular weight excluding hydrogens is 204 g/mol. The van der Waals surface area contributed by atoms with Crippen LogP contribution in [0.4, 0.5) is 0 Å². The summed E-state index contributed by atoms with van der Waals surface area (Å²) in [5, 5.41) is 3.15. The van der Waals surface area contributed by atoms with Gasteiger partial charge < -0.3 is 14.8 Å². The molecule has 1 unspecified atom stereocenters. The first-order valence-corrected chi connectivity index (χ1v) is 5.67. The van der Waals surface area contributed by atoms with Gasteiger partial charge in [0.05, 0.1) is 6.04 Å². The lowest BCUT2D eigenvalue weighted by atomic mass is 10.2. The quantitative estimate of drug-likeness (QED) is 0.769. The maximum atomic E-state index is 11.8. The molecule has 16 heavy (non-hydrogen) atoms. The van der Waals surface area contributed by atoms with Crippen LogP contribution in [0.25, 0.3) is 0 Å². The van der Waals surface area contributed by atoms with E-state index >= 15 is 0 Å². The molecule has 1 aliphatic heterocycles. The third-order valence-electron chi connectivity index (χ3n) is 3.04. The van der Waals surface area contributed by atoms with E-state index in [1.807, 2.05) is 29.6 Å². The Hall–Kier alpha value is -1.36. The second kappa shape index (κ2) is 4.65. The van der Waals surface area contributed by atoms with E-state index in [0.717, 1.165) is 31.9 Å². The van der Waals surface area contributed by atoms with Crippen molar-refractivity contribution in [3.63, 3.8) is 0 Å². The number of imidazole rings is 1. The number of piperazine rings is 1. The van der Waals surface area contributed by atoms with Crippen molar-refractivity contribution in [2.24, 2.45) is 7.05 Å². The van der Waals surface area contributed by atoms with Crippen molar-refractivity contribution in [2.75, 3.05) is 19.6 Å². The number of rotatable bonds is 3. The summed E-state index contributed by atoms with van der Waals surface area (Å²) in [6.07, 6.45) is 4.54. The number of amides is 1. The zero-order chi connectivity index (χ0) is 11.5. The number of carbonyl (C=O) groups excluding carboxylic acids is 1. The third-order valence-corrected chi connectivity index (χ3v) is 3.04. The molecule has 5 nitrogen and oxygen atoms in total. The first kappa shape index (κ1) is 11.1. The maximum absolute atomic E-state index is 11.8. The minimum absolute atomic E-state index is 0.0462. The van der Waals surface area contributed by atoms with Crippen LogP contribution in [0.1, 0.15) is 12.7 Å². The molecule has 0 spiro atoms. The van der Waals surface area contributed by atoms with Crippen LogP contribution in [0.5, 0.6) is 0 Å². The summed E-state index contributed by atoms with van der Waals surface area (Å²) in [5.74, 6) is 1.22. The lowest BCUT2D eigenvalue weighted by Crippen LogP contribution is -2.54. The fraction of sp³-hybridized carbons (Fsp3) is 0.636. The van der Waals surface area contributed by atoms with Gasteiger partial charge in [-0.05, 0) is 6.92 Å². The molecule has 1 saturated heterocycles. The van der Waals surface area contributed by atoms with Crippen LogP contribution in [-0.4, -0.2) is 46.0 Å². The Morgan fingerprint density at radius 3 is 3.12 bits per heavy atom. The molecule has 0 aromatic carbocycles. The molecule has 5 heteroatoms. The molecule has 1 aromatic heterocycles. The van der Waals surface area contributed by atoms with Crippen molar-refractivity contribution in [3.8, 4) is 0 Å². The predicted octanol–water partition coefficient (Wildman–Crippen LogP) is -0.217. The van der Waals surface area contributed by atoms with Gasteiger partial charge >= 0.3 is 0 Å². The summed E-state index contributed by atoms with van der Waals surface area (Å²) in [7, 11) is 1.98. The highest BCUT2D eigenvalue weighted by molar-refractivity contribution is 5.82. The summed E-state index contributed by atoms with van der Waals surface area (Å²) in [6.45, 7) is 4.35. The van der Waals surface area contributed by atoms with E-state index < -0.39 is 0 Å². The molecule has 1 atom stereocenters. The van der Waals surface area contributed by atoms with Gasteiger partial charge in [0.1, 0.15) is 5.82 Å². The van der Waals surface area contributed by atoms with E-state index in [4.69, 9.17) is 0 Å². The molecule has 0 radical (unpaired) electrons. The van der Waals surface area contributed by atoms with E-state index in [2.05, 4.69) is 10.3 Å². The minimum atomic E-state index is -0.0462. The number of nitrogens with zero attached hydrogens (tertiary/aromatic N) is 3. The van der Waals surface area contributed by atoms with Gasteiger partial charge in [-0.15, -0.1) is 0 Å². The van der Waals surface area contributed by atoms with Crippen LogP contribution in [0, 0.1) is 0 Å². The zero-order valence-corrected chi connectivity index (χ0v) is 9.81. The molecule has 1 N–H and O–H groups in total. The summed E-state index contributed by atoms with van der Waals surface area (Å²) in [6, 6.07) is -0.0462. The first-order valence-electron chi connectivity index (χ1n) is 5.67. The first-order chi connectivity index (χ1) is 7.68. The number of hydrogen-bond acceptors (Lipinski definition) is 3. The summed E-state index contributed by atoms with van der Waals surface area (Å²) >= 11 is 0. The van der Waals surface area contributed by atoms with Gasteiger partial charge in [-0.3, -0.25) is 4.79 Å². The van der Waals surface area contributed by atoms with Crippen molar-refractivity contribution >= 4 is 5.91 Å². The largest absolute Gasteiger partial charge is 0.340 e. The fourth-order valence-electron chi connectivity index (χ4n) is 1.98. The van der Waals surface area contributed by atoms with Crippen molar-refractivity contribution < 1.29 is 4.79 Å². The third kappa shape index (κ3) is 2.24. The SMILES string of the molecule is CC1NCCN(CCc2nccn2C)C1=O. The molecule has 1 fully saturated rings. The molecular formula is C11H18N4O. The number of carbonyl (C=O) groups is 1. The van der Waals surface area contributed by atoms with E-state index in [-0.39, 0.29) is 11.9 Å². The maximum Gasteiger partial charge on any atom is 0.239 e. The normalized spacial score (nSPS) is 21.5. The predicted molar refractivity (Wildman–Crippen MR) is 61.0 cm³/mol. The van der Waals surface area contributed by atoms with E-state index in [1.165, 1.54) is 0 Å². The molecule has 1 aliphatic rings. The van der Waals surface area contributed by atoms with Gasteiger partial charge in [-0.25, -0.2) is 4.98 Å². The van der Waals surface area contributed by atoms with Crippen molar-refractivity contribution in [2.45, 2.75) is 19.4 Å². The van der Waals surface area contributed by atoms with E-state index in [0.29, 0.717) is 0 Å². The average molecular weight is 222 g/mol. The van der Waals surface area contributed by atoms with Gasteiger partial charge in [-0.2, -0.15) is 0 Å². The van der Waals surface area contributed by atoms with Crippen LogP contribution in [0.15, 0.2) is 12.4 Å². The summed E-state index contributed by atoms with van der Waals surface area (Å²) in [5.41, 5.74) is 0. The fourth-order valence-corrected chi connectivity index (χ4v) is 1.98. The Morgan fingerprint density at radius 1 is 1.62 bits per heavy atom. The average Bonchev–Trinajstić information content (AvgIpc) is 2.67. The van der Waals surface area contributed by atoms with Gasteiger partial charge in [-0.1, -0.05) is 0 Å². The lowest BCUT2D eigenvalue weighted by Gasteiger charge is -2.31. The standard InChI is InChI=1S/C11H18N4O/c1-9-11(16)15(8-5-12-9)6-3-10-13-4-7-14(10)2/h4,7,9,12H,3,5-6,8H2,1-2H3. The van der Waals surface area contributed by atoms with Crippen molar-refractivity contribution in [1.29, 1.82) is 0 Å². The second-order valence-corrected chi connectivity index (χ2v) is 4.21. The zero-order valence-electron chi connectivity index (χ0n) is 9.81. The Bertz CT molecular complexity index is 374. The molecule has 0 aliphatic carbocycles. The minimum Gasteiger partial charge on any atom is -0.340 e. The number of hydrogen-bond donors (Lipinski definition) is 1. The number of nitrogens with one attached hydrogen (secondary N) is 1. The molecule has 0 bridgehead atoms. The smallest absolute Gasteiger partial charge is 0.239 e.